The molecule has 0 bridgehead atoms. The predicted octanol–water partition coefficient (Wildman–Crippen LogP) is 15.1. The van der Waals surface area contributed by atoms with Crippen LogP contribution >= 0.6 is 0 Å². The lowest BCUT2D eigenvalue weighted by Crippen LogP contribution is -2.22. The summed E-state index contributed by atoms with van der Waals surface area (Å²) in [5.41, 5.74) is 1.29. The Kier molecular flexibility index (Phi) is 28.5. The van der Waals surface area contributed by atoms with Crippen molar-refractivity contribution in [2.24, 2.45) is 11.8 Å². The highest BCUT2D eigenvalue weighted by Gasteiger charge is 2.23. The fourth-order valence-corrected chi connectivity index (χ4v) is 8.59. The number of ether oxygens (including phenoxy) is 3. The van der Waals surface area contributed by atoms with E-state index in [1.54, 1.807) is 6.42 Å². The van der Waals surface area contributed by atoms with E-state index < -0.39 is 0 Å². The van der Waals surface area contributed by atoms with Crippen molar-refractivity contribution in [1.82, 2.24) is 0 Å². The van der Waals surface area contributed by atoms with Gasteiger partial charge in [-0.1, -0.05) is 210 Å². The topological polar surface area (TPSA) is 27.7 Å². The smallest absolute Gasteiger partial charge is 0.157 e. The molecule has 1 saturated carbocycles. The molecular weight excluding hydrogens is 613 g/mol. The predicted molar refractivity (Wildman–Crippen MR) is 216 cm³/mol. The Hall–Kier alpha value is -0.900. The molecule has 0 amide bonds. The highest BCUT2D eigenvalue weighted by atomic mass is 16.7. The van der Waals surface area contributed by atoms with Gasteiger partial charge in [-0.25, -0.2) is 0 Å². The lowest BCUT2D eigenvalue weighted by Gasteiger charge is -2.22. The molecule has 1 aliphatic heterocycles. The second kappa shape index (κ2) is 32.7. The maximum Gasteiger partial charge on any atom is 0.157 e. The first-order chi connectivity index (χ1) is 24.9. The van der Waals surface area contributed by atoms with Gasteiger partial charge in [0.05, 0.1) is 6.61 Å². The summed E-state index contributed by atoms with van der Waals surface area (Å²) in [6.45, 7) is 3.45. The van der Waals surface area contributed by atoms with E-state index >= 15 is 0 Å². The van der Waals surface area contributed by atoms with Crippen LogP contribution in [0.25, 0.3) is 0 Å². The summed E-state index contributed by atoms with van der Waals surface area (Å²) in [6.07, 6.45) is 48.5. The molecule has 3 heteroatoms. The highest BCUT2D eigenvalue weighted by Crippen LogP contribution is 2.37. The molecule has 290 valence electrons. The van der Waals surface area contributed by atoms with Gasteiger partial charge in [0, 0.05) is 19.8 Å². The van der Waals surface area contributed by atoms with Gasteiger partial charge in [-0.15, -0.1) is 0 Å². The second-order valence-corrected chi connectivity index (χ2v) is 16.5. The van der Waals surface area contributed by atoms with Crippen molar-refractivity contribution in [2.75, 3.05) is 19.8 Å². The molecule has 0 aromatic heterocycles. The van der Waals surface area contributed by atoms with E-state index in [-0.39, 0.29) is 6.29 Å². The zero-order valence-electron chi connectivity index (χ0n) is 33.2. The third kappa shape index (κ3) is 25.1. The number of unbranched alkanes of at least 4 members (excludes halogenated alkanes) is 24. The average Bonchev–Trinajstić information content (AvgIpc) is 3.61. The number of hydrogen-bond donors (Lipinski definition) is 0. The molecule has 1 heterocycles. The summed E-state index contributed by atoms with van der Waals surface area (Å²) < 4.78 is 17.3. The largest absolute Gasteiger partial charge is 0.377 e. The van der Waals surface area contributed by atoms with E-state index in [0.717, 1.165) is 44.7 Å². The van der Waals surface area contributed by atoms with E-state index in [0.29, 0.717) is 0 Å². The van der Waals surface area contributed by atoms with Gasteiger partial charge in [-0.2, -0.15) is 0 Å². The Bertz CT molecular complexity index is 821. The van der Waals surface area contributed by atoms with Gasteiger partial charge in [0.1, 0.15) is 0 Å². The van der Waals surface area contributed by atoms with Gasteiger partial charge in [-0.3, -0.25) is 0 Å². The van der Waals surface area contributed by atoms with Crippen LogP contribution in [-0.2, 0) is 20.8 Å². The fourth-order valence-electron chi connectivity index (χ4n) is 8.59. The van der Waals surface area contributed by atoms with Crippen molar-refractivity contribution < 1.29 is 14.2 Å². The molecule has 1 aliphatic carbocycles. The van der Waals surface area contributed by atoms with Gasteiger partial charge < -0.3 is 14.2 Å². The van der Waals surface area contributed by atoms with Crippen LogP contribution in [0.15, 0.2) is 30.3 Å². The summed E-state index contributed by atoms with van der Waals surface area (Å²) in [5, 5.41) is 0. The van der Waals surface area contributed by atoms with E-state index in [2.05, 4.69) is 30.3 Å². The van der Waals surface area contributed by atoms with Crippen LogP contribution in [0, 0.1) is 11.8 Å². The van der Waals surface area contributed by atoms with Crippen molar-refractivity contribution in [3.05, 3.63) is 35.9 Å². The molecule has 1 aromatic carbocycles. The normalized spacial score (nSPS) is 19.4. The molecule has 2 fully saturated rings. The molecule has 3 nitrogen and oxygen atoms in total. The molecule has 0 radical (unpaired) electrons. The molecule has 2 aliphatic rings. The van der Waals surface area contributed by atoms with Crippen LogP contribution in [0.1, 0.15) is 224 Å². The Labute approximate surface area is 312 Å². The van der Waals surface area contributed by atoms with Gasteiger partial charge in [0.2, 0.25) is 0 Å². The molecule has 0 N–H and O–H groups in total. The lowest BCUT2D eigenvalue weighted by molar-refractivity contribution is -0.162. The summed E-state index contributed by atoms with van der Waals surface area (Å²) in [4.78, 5) is 0. The minimum absolute atomic E-state index is 0.0957. The zero-order valence-corrected chi connectivity index (χ0v) is 33.2. The van der Waals surface area contributed by atoms with Crippen LogP contribution in [0.5, 0.6) is 0 Å². The van der Waals surface area contributed by atoms with Crippen molar-refractivity contribution in [1.29, 1.82) is 0 Å². The van der Waals surface area contributed by atoms with Gasteiger partial charge in [-0.05, 0) is 55.9 Å². The van der Waals surface area contributed by atoms with Crippen LogP contribution in [0.4, 0.5) is 0 Å². The minimum Gasteiger partial charge on any atom is -0.377 e. The Balaban J connectivity index is 0.934. The molecular formula is C47H84O3. The molecule has 1 aromatic rings. The number of hydrogen-bond acceptors (Lipinski definition) is 3. The third-order valence-corrected chi connectivity index (χ3v) is 11.9. The average molecular weight is 697 g/mol. The fraction of sp³-hybridized carbons (Fsp3) is 0.872. The van der Waals surface area contributed by atoms with Gasteiger partial charge in [0.15, 0.2) is 6.29 Å². The molecule has 1 saturated heterocycles. The molecule has 50 heavy (non-hydrogen) atoms. The van der Waals surface area contributed by atoms with Crippen LogP contribution in [0.3, 0.4) is 0 Å². The second-order valence-electron chi connectivity index (χ2n) is 16.5. The third-order valence-electron chi connectivity index (χ3n) is 11.9. The zero-order chi connectivity index (χ0) is 34.8. The van der Waals surface area contributed by atoms with Crippen molar-refractivity contribution >= 4 is 0 Å². The standard InChI is InChI=1S/C47H84O3/c1(5-9-13-17-21-29-39-48-43-46-34-26-23-27-35-46)3-7-11-15-19-24-32-44-37-38-45(42-44)33-25-20-16-12-8-4-2-6-10-14-18-22-30-40-49-47-36-28-31-41-50-47/h23,26-27,34-35,44-45,47H,1-22,24-25,28-33,36-43H2/t44-,45-,47?/m0/s1. The SMILES string of the molecule is c1ccc(COCCCCCCCCCCCCCCC[C@H]2CC[C@H](CCCCCCCCCCCCCCCOC3CCCCO3)C2)cc1. The summed E-state index contributed by atoms with van der Waals surface area (Å²) >= 11 is 0. The summed E-state index contributed by atoms with van der Waals surface area (Å²) in [7, 11) is 0. The first-order valence-corrected chi connectivity index (χ1v) is 22.7. The first kappa shape index (κ1) is 43.5. The molecule has 3 rings (SSSR count). The molecule has 3 atom stereocenters. The Morgan fingerprint density at radius 2 is 0.900 bits per heavy atom. The quantitative estimate of drug-likeness (QED) is 0.0661. The summed E-state index contributed by atoms with van der Waals surface area (Å²) in [5.74, 6) is 2.13. The Morgan fingerprint density at radius 1 is 0.460 bits per heavy atom. The monoisotopic (exact) mass is 697 g/mol. The maximum atomic E-state index is 5.85. The van der Waals surface area contributed by atoms with E-state index in [1.807, 2.05) is 0 Å². The molecule has 1 unspecified atom stereocenters. The van der Waals surface area contributed by atoms with Crippen molar-refractivity contribution in [2.45, 2.75) is 231 Å². The lowest BCUT2D eigenvalue weighted by atomic mass is 9.95. The van der Waals surface area contributed by atoms with Crippen LogP contribution < -0.4 is 0 Å². The maximum absolute atomic E-state index is 5.85. The van der Waals surface area contributed by atoms with Crippen molar-refractivity contribution in [3.8, 4) is 0 Å². The van der Waals surface area contributed by atoms with Gasteiger partial charge in [0.25, 0.3) is 0 Å². The van der Waals surface area contributed by atoms with Gasteiger partial charge >= 0.3 is 0 Å². The van der Waals surface area contributed by atoms with E-state index in [4.69, 9.17) is 14.2 Å². The highest BCUT2D eigenvalue weighted by molar-refractivity contribution is 5.13. The summed E-state index contributed by atoms with van der Waals surface area (Å²) in [6, 6.07) is 10.5. The van der Waals surface area contributed by atoms with Crippen molar-refractivity contribution in [3.63, 3.8) is 0 Å². The number of benzene rings is 1. The first-order valence-electron chi connectivity index (χ1n) is 22.7. The van der Waals surface area contributed by atoms with E-state index in [1.165, 1.54) is 211 Å². The minimum atomic E-state index is 0.0957. The van der Waals surface area contributed by atoms with Crippen LogP contribution in [0.2, 0.25) is 0 Å². The molecule has 0 spiro atoms. The number of rotatable bonds is 35. The Morgan fingerprint density at radius 3 is 1.36 bits per heavy atom. The van der Waals surface area contributed by atoms with Crippen LogP contribution in [-0.4, -0.2) is 26.1 Å². The van der Waals surface area contributed by atoms with E-state index in [9.17, 15) is 0 Å².